The topological polar surface area (TPSA) is 76.0 Å². The third-order valence-corrected chi connectivity index (χ3v) is 6.04. The number of sulfonamides is 1. The Balaban J connectivity index is 1.97. The third kappa shape index (κ3) is 3.93. The predicted molar refractivity (Wildman–Crippen MR) is 104 cm³/mol. The second kappa shape index (κ2) is 7.75. The molecule has 0 aromatic heterocycles. The molecule has 0 fully saturated rings. The number of carbonyl (C=O) groups excluding carboxylic acids is 1. The van der Waals surface area contributed by atoms with Gasteiger partial charge in [-0.05, 0) is 24.6 Å². The number of ether oxygens (including phenoxy) is 1. The Morgan fingerprint density at radius 1 is 1.11 bits per heavy atom. The van der Waals surface area contributed by atoms with Crippen LogP contribution in [0.4, 0.5) is 0 Å². The van der Waals surface area contributed by atoms with Crippen LogP contribution in [0, 0.1) is 6.92 Å². The summed E-state index contributed by atoms with van der Waals surface area (Å²) in [5.41, 5.74) is 1.85. The van der Waals surface area contributed by atoms with Crippen LogP contribution in [0.2, 0.25) is 0 Å². The Hall–Kier alpha value is -2.93. The zero-order valence-corrected chi connectivity index (χ0v) is 15.8. The zero-order chi connectivity index (χ0) is 19.4. The second-order valence-electron chi connectivity index (χ2n) is 6.14. The molecule has 6 nitrogen and oxygen atoms in total. The fraction of sp³-hybridized carbons (Fsp3) is 0.200. The van der Waals surface area contributed by atoms with E-state index in [1.165, 1.54) is 13.4 Å². The molecule has 1 heterocycles. The number of methoxy groups -OCH3 is 1. The first-order valence-electron chi connectivity index (χ1n) is 8.38. The highest BCUT2D eigenvalue weighted by Crippen LogP contribution is 2.26. The number of hydrogen-bond acceptors (Lipinski definition) is 5. The first-order chi connectivity index (χ1) is 12.9. The van der Waals surface area contributed by atoms with Crippen LogP contribution in [0.15, 0.2) is 70.6 Å². The van der Waals surface area contributed by atoms with E-state index in [1.54, 1.807) is 36.4 Å². The highest BCUT2D eigenvalue weighted by molar-refractivity contribution is 7.89. The van der Waals surface area contributed by atoms with Crippen molar-refractivity contribution >= 4 is 28.4 Å². The average Bonchev–Trinajstić information content (AvgIpc) is 3.11. The molecule has 27 heavy (non-hydrogen) atoms. The summed E-state index contributed by atoms with van der Waals surface area (Å²) in [6.07, 6.45) is 4.62. The summed E-state index contributed by atoms with van der Waals surface area (Å²) in [5, 5.41) is 0. The number of aryl methyl sites for hydroxylation is 1. The molecule has 3 rings (SSSR count). The first-order valence-corrected chi connectivity index (χ1v) is 9.82. The lowest BCUT2D eigenvalue weighted by molar-refractivity contribution is -0.142. The summed E-state index contributed by atoms with van der Waals surface area (Å²) in [5.74, 6) is -0.587. The molecule has 2 atom stereocenters. The van der Waals surface area contributed by atoms with Gasteiger partial charge in [0.25, 0.3) is 10.0 Å². The van der Waals surface area contributed by atoms with Gasteiger partial charge >= 0.3 is 5.97 Å². The van der Waals surface area contributed by atoms with Crippen LogP contribution >= 0.6 is 0 Å². The Kier molecular flexibility index (Phi) is 5.41. The van der Waals surface area contributed by atoms with Crippen molar-refractivity contribution in [1.82, 2.24) is 4.31 Å². The van der Waals surface area contributed by atoms with Crippen LogP contribution in [-0.2, 0) is 19.6 Å². The van der Waals surface area contributed by atoms with Crippen LogP contribution < -0.4 is 0 Å². The minimum Gasteiger partial charge on any atom is -0.467 e. The van der Waals surface area contributed by atoms with Crippen molar-refractivity contribution in [2.45, 2.75) is 23.9 Å². The Morgan fingerprint density at radius 3 is 2.41 bits per heavy atom. The van der Waals surface area contributed by atoms with E-state index >= 15 is 0 Å². The molecule has 2 aromatic carbocycles. The number of rotatable bonds is 5. The molecule has 0 spiro atoms. The lowest BCUT2D eigenvalue weighted by Crippen LogP contribution is -2.42. The van der Waals surface area contributed by atoms with Crippen LogP contribution in [0.25, 0.3) is 6.08 Å². The third-order valence-electron chi connectivity index (χ3n) is 4.28. The maximum atomic E-state index is 13.1. The maximum Gasteiger partial charge on any atom is 0.333 e. The molecule has 0 unspecified atom stereocenters. The normalized spacial score (nSPS) is 19.6. The van der Waals surface area contributed by atoms with Gasteiger partial charge in [0, 0.05) is 0 Å². The highest BCUT2D eigenvalue weighted by atomic mass is 32.2. The van der Waals surface area contributed by atoms with Crippen molar-refractivity contribution in [2.24, 2.45) is 4.99 Å². The van der Waals surface area contributed by atoms with Crippen molar-refractivity contribution in [2.75, 3.05) is 7.11 Å². The molecular formula is C20H20N2O4S. The van der Waals surface area contributed by atoms with Gasteiger partial charge in [0.1, 0.15) is 6.34 Å². The minimum absolute atomic E-state index is 0.142. The zero-order valence-electron chi connectivity index (χ0n) is 15.0. The Morgan fingerprint density at radius 2 is 1.78 bits per heavy atom. The van der Waals surface area contributed by atoms with E-state index in [9.17, 15) is 13.2 Å². The molecule has 0 radical (unpaired) electrons. The second-order valence-corrected chi connectivity index (χ2v) is 7.98. The Bertz CT molecular complexity index is 967. The standard InChI is InChI=1S/C20H20N2O4S/c1-15-8-11-17(12-9-15)27(24,25)22-14-21-19(20(23)26-2)18(22)13-10-16-6-4-3-5-7-16/h3-14,18-19H,1-2H3/b13-10+/t18-,19-/m0/s1. The Labute approximate surface area is 158 Å². The highest BCUT2D eigenvalue weighted by Gasteiger charge is 2.41. The molecule has 0 bridgehead atoms. The summed E-state index contributed by atoms with van der Waals surface area (Å²) < 4.78 is 32.0. The van der Waals surface area contributed by atoms with Gasteiger partial charge in [0.2, 0.25) is 0 Å². The summed E-state index contributed by atoms with van der Waals surface area (Å²) in [6, 6.07) is 14.2. The van der Waals surface area contributed by atoms with Gasteiger partial charge in [0.05, 0.1) is 18.0 Å². The number of benzene rings is 2. The van der Waals surface area contributed by atoms with E-state index in [1.807, 2.05) is 37.3 Å². The first kappa shape index (κ1) is 18.8. The van der Waals surface area contributed by atoms with Crippen molar-refractivity contribution < 1.29 is 17.9 Å². The van der Waals surface area contributed by atoms with Gasteiger partial charge in [-0.25, -0.2) is 17.5 Å². The molecular weight excluding hydrogens is 364 g/mol. The van der Waals surface area contributed by atoms with E-state index in [2.05, 4.69) is 4.99 Å². The summed E-state index contributed by atoms with van der Waals surface area (Å²) >= 11 is 0. The van der Waals surface area contributed by atoms with E-state index < -0.39 is 28.1 Å². The minimum atomic E-state index is -3.86. The number of hydrogen-bond donors (Lipinski definition) is 0. The number of aliphatic imine (C=N–C) groups is 1. The summed E-state index contributed by atoms with van der Waals surface area (Å²) in [7, 11) is -2.60. The van der Waals surface area contributed by atoms with Gasteiger partial charge in [-0.15, -0.1) is 0 Å². The largest absolute Gasteiger partial charge is 0.467 e. The molecule has 7 heteroatoms. The van der Waals surface area contributed by atoms with Crippen molar-refractivity contribution in [3.05, 3.63) is 71.8 Å². The molecule has 1 aliphatic heterocycles. The van der Waals surface area contributed by atoms with Crippen LogP contribution in [0.1, 0.15) is 11.1 Å². The predicted octanol–water partition coefficient (Wildman–Crippen LogP) is 2.65. The molecule has 140 valence electrons. The quantitative estimate of drug-likeness (QED) is 0.743. The maximum absolute atomic E-state index is 13.1. The number of esters is 1. The molecule has 0 amide bonds. The lowest BCUT2D eigenvalue weighted by atomic mass is 10.1. The number of carbonyl (C=O) groups is 1. The molecule has 1 aliphatic rings. The van der Waals surface area contributed by atoms with Gasteiger partial charge in [-0.2, -0.15) is 0 Å². The lowest BCUT2D eigenvalue weighted by Gasteiger charge is -2.24. The monoisotopic (exact) mass is 384 g/mol. The van der Waals surface area contributed by atoms with Crippen molar-refractivity contribution in [1.29, 1.82) is 0 Å². The van der Waals surface area contributed by atoms with E-state index in [-0.39, 0.29) is 4.90 Å². The van der Waals surface area contributed by atoms with Crippen LogP contribution in [-0.4, -0.2) is 44.2 Å². The summed E-state index contributed by atoms with van der Waals surface area (Å²) in [6.45, 7) is 1.88. The van der Waals surface area contributed by atoms with Crippen LogP contribution in [0.5, 0.6) is 0 Å². The van der Waals surface area contributed by atoms with E-state index in [0.717, 1.165) is 15.4 Å². The molecule has 2 aromatic rings. The van der Waals surface area contributed by atoms with E-state index in [0.29, 0.717) is 0 Å². The number of nitrogens with zero attached hydrogens (tertiary/aromatic N) is 2. The SMILES string of the molecule is COC(=O)[C@H]1N=CN(S(=O)(=O)c2ccc(C)cc2)[C@H]1/C=C/c1ccccc1. The molecule has 0 saturated heterocycles. The van der Waals surface area contributed by atoms with Gasteiger partial charge in [-0.1, -0.05) is 60.2 Å². The fourth-order valence-electron chi connectivity index (χ4n) is 2.78. The molecule has 0 saturated carbocycles. The molecule has 0 aliphatic carbocycles. The average molecular weight is 384 g/mol. The molecule has 0 N–H and O–H groups in total. The summed E-state index contributed by atoms with van der Waals surface area (Å²) in [4.78, 5) is 16.3. The van der Waals surface area contributed by atoms with Gasteiger partial charge in [0.15, 0.2) is 6.04 Å². The van der Waals surface area contributed by atoms with Gasteiger partial charge < -0.3 is 4.74 Å². The van der Waals surface area contributed by atoms with E-state index in [4.69, 9.17) is 4.74 Å². The fourth-order valence-corrected chi connectivity index (χ4v) is 4.19. The van der Waals surface area contributed by atoms with Crippen molar-refractivity contribution in [3.63, 3.8) is 0 Å². The van der Waals surface area contributed by atoms with Gasteiger partial charge in [-0.3, -0.25) is 4.99 Å². The van der Waals surface area contributed by atoms with Crippen LogP contribution in [0.3, 0.4) is 0 Å². The smallest absolute Gasteiger partial charge is 0.333 e. The van der Waals surface area contributed by atoms with Crippen molar-refractivity contribution in [3.8, 4) is 0 Å².